The fraction of sp³-hybridized carbons (Fsp3) is 0.458. The van der Waals surface area contributed by atoms with Gasteiger partial charge in [-0.15, -0.1) is 0 Å². The van der Waals surface area contributed by atoms with Crippen LogP contribution in [0, 0.1) is 11.3 Å². The van der Waals surface area contributed by atoms with Crippen LogP contribution in [0.15, 0.2) is 29.2 Å². The molecule has 1 aromatic carbocycles. The number of unbranched alkanes of at least 4 members (excludes halogenated alkanes) is 1. The monoisotopic (exact) mass is 476 g/mol. The highest BCUT2D eigenvalue weighted by Crippen LogP contribution is 2.39. The van der Waals surface area contributed by atoms with E-state index in [2.05, 4.69) is 11.1 Å². The highest BCUT2D eigenvalue weighted by molar-refractivity contribution is 6.34. The molecular weight excluding hydrogens is 451 g/mol. The Hall–Kier alpha value is -2.33. The second-order valence-corrected chi connectivity index (χ2v) is 8.70. The summed E-state index contributed by atoms with van der Waals surface area (Å²) in [5.41, 5.74) is 0.744. The van der Waals surface area contributed by atoms with Crippen LogP contribution in [0.2, 0.25) is 10.0 Å². The van der Waals surface area contributed by atoms with Crippen LogP contribution in [0.1, 0.15) is 62.5 Å². The Bertz CT molecular complexity index is 1050. The molecule has 2 aromatic rings. The van der Waals surface area contributed by atoms with Crippen LogP contribution in [0.5, 0.6) is 0 Å². The first-order valence-corrected chi connectivity index (χ1v) is 11.6. The third-order valence-corrected chi connectivity index (χ3v) is 6.14. The molecule has 1 aromatic heterocycles. The summed E-state index contributed by atoms with van der Waals surface area (Å²) in [6, 6.07) is 6.86. The molecule has 0 amide bonds. The van der Waals surface area contributed by atoms with E-state index < -0.39 is 17.4 Å². The molecule has 2 heterocycles. The van der Waals surface area contributed by atoms with Gasteiger partial charge in [0.15, 0.2) is 0 Å². The minimum atomic E-state index is -0.891. The molecule has 3 rings (SSSR count). The van der Waals surface area contributed by atoms with E-state index in [1.165, 1.54) is 6.20 Å². The number of aromatic nitrogens is 1. The van der Waals surface area contributed by atoms with Crippen molar-refractivity contribution in [3.05, 3.63) is 55.9 Å². The third-order valence-electron chi connectivity index (χ3n) is 5.60. The van der Waals surface area contributed by atoms with E-state index in [0.717, 1.165) is 32.1 Å². The molecule has 0 saturated carbocycles. The zero-order chi connectivity index (χ0) is 23.1. The van der Waals surface area contributed by atoms with Crippen LogP contribution in [0.3, 0.4) is 0 Å². The van der Waals surface area contributed by atoms with Gasteiger partial charge in [0.05, 0.1) is 35.3 Å². The highest BCUT2D eigenvalue weighted by atomic mass is 35.5. The lowest BCUT2D eigenvalue weighted by Gasteiger charge is -2.27. The third kappa shape index (κ3) is 5.72. The highest BCUT2D eigenvalue weighted by Gasteiger charge is 2.33. The summed E-state index contributed by atoms with van der Waals surface area (Å²) in [5.74, 6) is -1.39. The lowest BCUT2D eigenvalue weighted by atomic mass is 9.85. The van der Waals surface area contributed by atoms with Gasteiger partial charge in [-0.3, -0.25) is 9.59 Å². The van der Waals surface area contributed by atoms with Crippen molar-refractivity contribution in [3.63, 3.8) is 0 Å². The molecule has 1 aliphatic rings. The fourth-order valence-electron chi connectivity index (χ4n) is 3.95. The van der Waals surface area contributed by atoms with Crippen LogP contribution < -0.4 is 5.56 Å². The second kappa shape index (κ2) is 11.5. The number of benzene rings is 1. The number of hydrogen-bond donors (Lipinski definition) is 1. The summed E-state index contributed by atoms with van der Waals surface area (Å²) >= 11 is 12.7. The van der Waals surface area contributed by atoms with Crippen molar-refractivity contribution in [3.8, 4) is 17.2 Å². The van der Waals surface area contributed by atoms with E-state index in [0.29, 0.717) is 34.7 Å². The van der Waals surface area contributed by atoms with Crippen LogP contribution in [-0.2, 0) is 14.3 Å². The van der Waals surface area contributed by atoms with Crippen molar-refractivity contribution in [2.75, 3.05) is 13.2 Å². The summed E-state index contributed by atoms with van der Waals surface area (Å²) in [6.45, 7) is 2.89. The number of aromatic amines is 1. The van der Waals surface area contributed by atoms with E-state index in [-0.39, 0.29) is 23.3 Å². The maximum atomic E-state index is 13.2. The van der Waals surface area contributed by atoms with Crippen LogP contribution in [0.25, 0.3) is 11.1 Å². The molecule has 6 nitrogen and oxygen atoms in total. The first kappa shape index (κ1) is 24.3. The number of nitriles is 1. The van der Waals surface area contributed by atoms with Crippen molar-refractivity contribution in [1.29, 1.82) is 5.26 Å². The molecule has 32 heavy (non-hydrogen) atoms. The number of carbonyl (C=O) groups is 1. The predicted octanol–water partition coefficient (Wildman–Crippen LogP) is 5.61. The SMILES string of the molecule is CCCCOC(=O)C(C[C@@H]1CCCCO1)c1c(-c2cc(Cl)ccc2C#N)c(Cl)c[nH]c1=O. The lowest BCUT2D eigenvalue weighted by Crippen LogP contribution is -2.30. The molecule has 0 radical (unpaired) electrons. The number of rotatable bonds is 8. The summed E-state index contributed by atoms with van der Waals surface area (Å²) in [5, 5.41) is 10.2. The summed E-state index contributed by atoms with van der Waals surface area (Å²) < 4.78 is 11.4. The standard InChI is InChI=1S/C24H26Cl2N2O4/c1-2-3-9-32-24(30)19(12-17-6-4-5-10-31-17)22-21(20(26)14-28-23(22)29)18-11-16(25)8-7-15(18)13-27/h7-8,11,14,17,19H,2-6,9-10,12H2,1H3,(H,28,29)/t17-,19?/m0/s1. The molecule has 1 fully saturated rings. The van der Waals surface area contributed by atoms with Crippen LogP contribution >= 0.6 is 23.2 Å². The molecular formula is C24H26Cl2N2O4. The number of H-pyrrole nitrogens is 1. The van der Waals surface area contributed by atoms with Gasteiger partial charge in [-0.2, -0.15) is 5.26 Å². The molecule has 8 heteroatoms. The van der Waals surface area contributed by atoms with E-state index in [1.807, 2.05) is 6.92 Å². The van der Waals surface area contributed by atoms with Crippen molar-refractivity contribution >= 4 is 29.2 Å². The number of halogens is 2. The van der Waals surface area contributed by atoms with Gasteiger partial charge in [-0.25, -0.2) is 0 Å². The van der Waals surface area contributed by atoms with Gasteiger partial charge in [0.1, 0.15) is 0 Å². The zero-order valence-electron chi connectivity index (χ0n) is 18.0. The van der Waals surface area contributed by atoms with Crippen molar-refractivity contribution < 1.29 is 14.3 Å². The molecule has 0 aliphatic carbocycles. The van der Waals surface area contributed by atoms with E-state index in [1.54, 1.807) is 18.2 Å². The Morgan fingerprint density at radius 3 is 2.88 bits per heavy atom. The van der Waals surface area contributed by atoms with Gasteiger partial charge in [0.25, 0.3) is 5.56 Å². The lowest BCUT2D eigenvalue weighted by molar-refractivity contribution is -0.147. The van der Waals surface area contributed by atoms with Gasteiger partial charge < -0.3 is 14.5 Å². The van der Waals surface area contributed by atoms with Gasteiger partial charge in [0.2, 0.25) is 0 Å². The van der Waals surface area contributed by atoms with E-state index in [9.17, 15) is 14.9 Å². The molecule has 0 bridgehead atoms. The summed E-state index contributed by atoms with van der Waals surface area (Å²) in [6.07, 6.45) is 5.85. The average Bonchev–Trinajstić information content (AvgIpc) is 2.80. The van der Waals surface area contributed by atoms with Crippen molar-refractivity contribution in [2.45, 2.75) is 57.5 Å². The van der Waals surface area contributed by atoms with Crippen LogP contribution in [0.4, 0.5) is 0 Å². The van der Waals surface area contributed by atoms with Gasteiger partial charge in [-0.1, -0.05) is 36.5 Å². The summed E-state index contributed by atoms with van der Waals surface area (Å²) in [7, 11) is 0. The summed E-state index contributed by atoms with van der Waals surface area (Å²) in [4.78, 5) is 28.9. The zero-order valence-corrected chi connectivity index (χ0v) is 19.5. The Morgan fingerprint density at radius 2 is 2.19 bits per heavy atom. The van der Waals surface area contributed by atoms with Gasteiger partial charge in [0, 0.05) is 34.5 Å². The Labute approximate surface area is 197 Å². The van der Waals surface area contributed by atoms with Crippen molar-refractivity contribution in [1.82, 2.24) is 4.98 Å². The van der Waals surface area contributed by atoms with Crippen molar-refractivity contribution in [2.24, 2.45) is 0 Å². The number of pyridine rings is 1. The normalized spacial score (nSPS) is 16.9. The van der Waals surface area contributed by atoms with E-state index in [4.69, 9.17) is 32.7 Å². The Kier molecular flexibility index (Phi) is 8.75. The second-order valence-electron chi connectivity index (χ2n) is 7.85. The number of esters is 1. The number of carbonyl (C=O) groups excluding carboxylic acids is 1. The quantitative estimate of drug-likeness (QED) is 0.394. The largest absolute Gasteiger partial charge is 0.465 e. The predicted molar refractivity (Wildman–Crippen MR) is 124 cm³/mol. The average molecular weight is 477 g/mol. The molecule has 2 atom stereocenters. The molecule has 1 N–H and O–H groups in total. The minimum Gasteiger partial charge on any atom is -0.465 e. The first-order valence-electron chi connectivity index (χ1n) is 10.9. The van der Waals surface area contributed by atoms with Gasteiger partial charge >= 0.3 is 5.97 Å². The number of nitrogens with one attached hydrogen (secondary N) is 1. The molecule has 170 valence electrons. The minimum absolute atomic E-state index is 0.173. The number of nitrogens with zero attached hydrogens (tertiary/aromatic N) is 1. The number of ether oxygens (including phenoxy) is 2. The van der Waals surface area contributed by atoms with E-state index >= 15 is 0 Å². The molecule has 1 saturated heterocycles. The molecule has 1 aliphatic heterocycles. The molecule has 1 unspecified atom stereocenters. The number of hydrogen-bond acceptors (Lipinski definition) is 5. The molecule has 0 spiro atoms. The van der Waals surface area contributed by atoms with Crippen LogP contribution in [-0.4, -0.2) is 30.3 Å². The Morgan fingerprint density at radius 1 is 1.38 bits per heavy atom. The topological polar surface area (TPSA) is 92.2 Å². The van der Waals surface area contributed by atoms with Gasteiger partial charge in [-0.05, 0) is 50.3 Å². The maximum absolute atomic E-state index is 13.2. The first-order chi connectivity index (χ1) is 15.5. The maximum Gasteiger partial charge on any atom is 0.313 e. The fourth-order valence-corrected chi connectivity index (χ4v) is 4.38. The Balaban J connectivity index is 2.14. The smallest absolute Gasteiger partial charge is 0.313 e.